The van der Waals surface area contributed by atoms with E-state index in [4.69, 9.17) is 21.7 Å². The summed E-state index contributed by atoms with van der Waals surface area (Å²) in [7, 11) is 0. The summed E-state index contributed by atoms with van der Waals surface area (Å²) in [6.07, 6.45) is 0. The molecule has 0 aliphatic heterocycles. The molecule has 0 atom stereocenters. The van der Waals surface area contributed by atoms with Crippen molar-refractivity contribution in [2.75, 3.05) is 6.61 Å². The third-order valence-electron chi connectivity index (χ3n) is 4.65. The molecular weight excluding hydrogens is 530 g/mol. The summed E-state index contributed by atoms with van der Waals surface area (Å²) in [4.78, 5) is 25.2. The van der Waals surface area contributed by atoms with Crippen molar-refractivity contribution >= 4 is 45.1 Å². The molecule has 3 rings (SSSR count). The number of amides is 2. The predicted molar refractivity (Wildman–Crippen MR) is 142 cm³/mol. The zero-order valence-corrected chi connectivity index (χ0v) is 21.7. The summed E-state index contributed by atoms with van der Waals surface area (Å²) >= 11 is 8.57. The van der Waals surface area contributed by atoms with E-state index >= 15 is 0 Å². The summed E-state index contributed by atoms with van der Waals surface area (Å²) in [5.41, 5.74) is 6.72. The second kappa shape index (κ2) is 12.9. The molecule has 0 saturated heterocycles. The summed E-state index contributed by atoms with van der Waals surface area (Å²) in [5.74, 6) is 0.566. The number of hydrazine groups is 1. The second-order valence-electron chi connectivity index (χ2n) is 7.98. The molecule has 0 spiro atoms. The van der Waals surface area contributed by atoms with E-state index in [0.717, 1.165) is 5.56 Å². The van der Waals surface area contributed by atoms with Gasteiger partial charge in [0.15, 0.2) is 5.11 Å². The minimum Gasteiger partial charge on any atom is -0.492 e. The van der Waals surface area contributed by atoms with Gasteiger partial charge in [-0.15, -0.1) is 0 Å². The maximum atomic E-state index is 12.7. The Kier molecular flexibility index (Phi) is 9.63. The molecule has 0 unspecified atom stereocenters. The highest BCUT2D eigenvalue weighted by Gasteiger charge is 2.14. The molecule has 0 fully saturated rings. The van der Waals surface area contributed by atoms with E-state index in [2.05, 4.69) is 45.9 Å². The predicted octanol–water partition coefficient (Wildman–Crippen LogP) is 5.01. The summed E-state index contributed by atoms with van der Waals surface area (Å²) in [6.45, 7) is 5.00. The lowest BCUT2D eigenvalue weighted by atomic mass is 10.2. The Morgan fingerprint density at radius 1 is 0.886 bits per heavy atom. The molecule has 0 saturated carbocycles. The number of hydrogen-bond donors (Lipinski definition) is 3. The van der Waals surface area contributed by atoms with E-state index in [9.17, 15) is 9.59 Å². The molecule has 0 bridgehead atoms. The van der Waals surface area contributed by atoms with Gasteiger partial charge in [0.25, 0.3) is 11.8 Å². The third kappa shape index (κ3) is 8.08. The first kappa shape index (κ1) is 26.2. The van der Waals surface area contributed by atoms with Gasteiger partial charge < -0.3 is 9.47 Å². The van der Waals surface area contributed by atoms with Gasteiger partial charge in [0.1, 0.15) is 18.1 Å². The van der Waals surface area contributed by atoms with Crippen LogP contribution in [-0.4, -0.2) is 23.5 Å². The van der Waals surface area contributed by atoms with Crippen molar-refractivity contribution in [3.05, 3.63) is 94.0 Å². The van der Waals surface area contributed by atoms with Gasteiger partial charge >= 0.3 is 0 Å². The number of benzene rings is 3. The normalized spacial score (nSPS) is 10.4. The highest BCUT2D eigenvalue weighted by Crippen LogP contribution is 2.26. The maximum Gasteiger partial charge on any atom is 0.273 e. The van der Waals surface area contributed by atoms with E-state index in [1.54, 1.807) is 42.5 Å². The highest BCUT2D eigenvalue weighted by molar-refractivity contribution is 9.10. The topological polar surface area (TPSA) is 88.7 Å². The molecule has 0 aliphatic rings. The first-order chi connectivity index (χ1) is 16.8. The average Bonchev–Trinajstić information content (AvgIpc) is 2.86. The second-order valence-corrected chi connectivity index (χ2v) is 9.25. The molecule has 0 aromatic heterocycles. The van der Waals surface area contributed by atoms with E-state index in [0.29, 0.717) is 46.2 Å². The van der Waals surface area contributed by atoms with Crippen molar-refractivity contribution in [3.8, 4) is 11.5 Å². The molecule has 7 nitrogen and oxygen atoms in total. The van der Waals surface area contributed by atoms with Gasteiger partial charge in [-0.3, -0.25) is 25.8 Å². The number of nitrogens with one attached hydrogen (secondary N) is 3. The van der Waals surface area contributed by atoms with Crippen LogP contribution in [0.2, 0.25) is 0 Å². The number of rotatable bonds is 8. The molecule has 0 radical (unpaired) electrons. The van der Waals surface area contributed by atoms with Crippen LogP contribution in [0.4, 0.5) is 0 Å². The Morgan fingerprint density at radius 3 is 2.31 bits per heavy atom. The van der Waals surface area contributed by atoms with Crippen molar-refractivity contribution in [1.29, 1.82) is 0 Å². The van der Waals surface area contributed by atoms with Crippen LogP contribution in [0, 0.1) is 5.92 Å². The number of carbonyl (C=O) groups is 2. The Labute approximate surface area is 218 Å². The first-order valence-electron chi connectivity index (χ1n) is 10.9. The molecular formula is C26H26BrN3O4S. The van der Waals surface area contributed by atoms with Gasteiger partial charge in [0.2, 0.25) is 0 Å². The number of thiocarbonyl (C=S) groups is 1. The molecule has 35 heavy (non-hydrogen) atoms. The summed E-state index contributed by atoms with van der Waals surface area (Å²) < 4.78 is 12.2. The van der Waals surface area contributed by atoms with Crippen molar-refractivity contribution in [1.82, 2.24) is 16.2 Å². The van der Waals surface area contributed by atoms with E-state index in [1.165, 1.54) is 0 Å². The first-order valence-corrected chi connectivity index (χ1v) is 12.1. The number of carbonyl (C=O) groups excluding carboxylic acids is 2. The van der Waals surface area contributed by atoms with Gasteiger partial charge in [0.05, 0.1) is 16.6 Å². The fourth-order valence-electron chi connectivity index (χ4n) is 2.92. The molecule has 2 amide bonds. The Hall–Kier alpha value is -3.43. The van der Waals surface area contributed by atoms with Crippen LogP contribution in [0.15, 0.2) is 77.3 Å². The monoisotopic (exact) mass is 555 g/mol. The van der Waals surface area contributed by atoms with E-state index < -0.39 is 11.8 Å². The van der Waals surface area contributed by atoms with Gasteiger partial charge in [-0.2, -0.15) is 0 Å². The van der Waals surface area contributed by atoms with Crippen LogP contribution in [-0.2, 0) is 6.61 Å². The number of hydrogen-bond acceptors (Lipinski definition) is 5. The fourth-order valence-corrected chi connectivity index (χ4v) is 3.56. The lowest BCUT2D eigenvalue weighted by Crippen LogP contribution is -2.48. The number of para-hydroxylation sites is 1. The van der Waals surface area contributed by atoms with Crippen LogP contribution in [0.25, 0.3) is 0 Å². The highest BCUT2D eigenvalue weighted by atomic mass is 79.9. The van der Waals surface area contributed by atoms with Crippen molar-refractivity contribution < 1.29 is 19.1 Å². The smallest absolute Gasteiger partial charge is 0.273 e. The van der Waals surface area contributed by atoms with Crippen molar-refractivity contribution in [2.45, 2.75) is 20.5 Å². The quantitative estimate of drug-likeness (QED) is 0.267. The van der Waals surface area contributed by atoms with Gasteiger partial charge in [0, 0.05) is 5.56 Å². The van der Waals surface area contributed by atoms with Gasteiger partial charge in [-0.1, -0.05) is 56.3 Å². The van der Waals surface area contributed by atoms with E-state index in [-0.39, 0.29) is 5.11 Å². The van der Waals surface area contributed by atoms with Crippen LogP contribution >= 0.6 is 28.1 Å². The summed E-state index contributed by atoms with van der Waals surface area (Å²) in [6, 6.07) is 21.5. The summed E-state index contributed by atoms with van der Waals surface area (Å²) in [5, 5.41) is 2.48. The molecule has 0 heterocycles. The number of ether oxygens (including phenoxy) is 2. The Bertz CT molecular complexity index is 1190. The standard InChI is InChI=1S/C26H26BrN3O4S/c1-17(2)15-33-23-13-12-19(14-21(23)27)24(31)28-26(35)30-29-25(32)20-10-6-7-11-22(20)34-16-18-8-4-3-5-9-18/h3-14,17H,15-16H2,1-2H3,(H,29,32)(H2,28,30,31,35). The Morgan fingerprint density at radius 2 is 1.60 bits per heavy atom. The average molecular weight is 556 g/mol. The zero-order valence-electron chi connectivity index (χ0n) is 19.3. The van der Waals surface area contributed by atoms with Crippen LogP contribution in [0.5, 0.6) is 11.5 Å². The molecule has 3 aromatic rings. The van der Waals surface area contributed by atoms with Crippen LogP contribution in [0.3, 0.4) is 0 Å². The van der Waals surface area contributed by atoms with Crippen molar-refractivity contribution in [2.24, 2.45) is 5.92 Å². The lowest BCUT2D eigenvalue weighted by Gasteiger charge is -2.14. The molecule has 182 valence electrons. The molecule has 3 aromatic carbocycles. The van der Waals surface area contributed by atoms with Gasteiger partial charge in [-0.25, -0.2) is 0 Å². The molecule has 9 heteroatoms. The largest absolute Gasteiger partial charge is 0.492 e. The molecule has 3 N–H and O–H groups in total. The van der Waals surface area contributed by atoms with Crippen LogP contribution in [0.1, 0.15) is 40.1 Å². The van der Waals surface area contributed by atoms with Crippen LogP contribution < -0.4 is 25.6 Å². The fraction of sp³-hybridized carbons (Fsp3) is 0.192. The van der Waals surface area contributed by atoms with Gasteiger partial charge in [-0.05, 0) is 70.0 Å². The minimum atomic E-state index is -0.459. The Balaban J connectivity index is 1.53. The lowest BCUT2D eigenvalue weighted by molar-refractivity contribution is 0.0930. The van der Waals surface area contributed by atoms with E-state index in [1.807, 2.05) is 30.3 Å². The minimum absolute atomic E-state index is 0.0534. The zero-order chi connectivity index (χ0) is 25.2. The third-order valence-corrected chi connectivity index (χ3v) is 5.48. The SMILES string of the molecule is CC(C)COc1ccc(C(=O)NC(=S)NNC(=O)c2ccccc2OCc2ccccc2)cc1Br. The molecule has 0 aliphatic carbocycles. The van der Waals surface area contributed by atoms with Crippen molar-refractivity contribution in [3.63, 3.8) is 0 Å². The maximum absolute atomic E-state index is 12.7. The number of halogens is 1.